The van der Waals surface area contributed by atoms with Crippen LogP contribution in [0.2, 0.25) is 0 Å². The van der Waals surface area contributed by atoms with Gasteiger partial charge in [-0.3, -0.25) is 4.79 Å². The van der Waals surface area contributed by atoms with Gasteiger partial charge in [0.25, 0.3) is 0 Å². The molecular weight excluding hydrogens is 192 g/mol. The lowest BCUT2D eigenvalue weighted by Crippen LogP contribution is -2.59. The molecule has 4 nitrogen and oxygen atoms in total. The number of carbonyl (C=O) groups excluding carboxylic acids is 1. The Morgan fingerprint density at radius 1 is 1.40 bits per heavy atom. The average molecular weight is 210 g/mol. The van der Waals surface area contributed by atoms with E-state index in [9.17, 15) is 4.79 Å². The third-order valence-corrected chi connectivity index (χ3v) is 4.02. The van der Waals surface area contributed by atoms with Gasteiger partial charge in [0.2, 0.25) is 5.91 Å². The zero-order valence-electron chi connectivity index (χ0n) is 9.16. The average Bonchev–Trinajstić information content (AvgIpc) is 2.54. The van der Waals surface area contributed by atoms with Crippen molar-refractivity contribution in [2.24, 2.45) is 0 Å². The predicted molar refractivity (Wildman–Crippen MR) is 55.5 cm³/mol. The van der Waals surface area contributed by atoms with E-state index in [0.717, 1.165) is 19.4 Å². The molecule has 2 bridgehead atoms. The summed E-state index contributed by atoms with van der Waals surface area (Å²) < 4.78 is 5.84. The maximum atomic E-state index is 11.4. The molecule has 2 atom stereocenters. The molecule has 3 rings (SSSR count). The molecule has 1 N–H and O–H groups in total. The SMILES string of the molecule is CN1CC2(CC3CCC(C2)N3)OCC1=O. The molecule has 15 heavy (non-hydrogen) atoms. The minimum atomic E-state index is -0.0419. The molecule has 0 radical (unpaired) electrons. The zero-order chi connectivity index (χ0) is 10.5. The van der Waals surface area contributed by atoms with Crippen LogP contribution in [0.25, 0.3) is 0 Å². The highest BCUT2D eigenvalue weighted by atomic mass is 16.5. The van der Waals surface area contributed by atoms with E-state index in [0.29, 0.717) is 12.1 Å². The number of ether oxygens (including phenoxy) is 1. The summed E-state index contributed by atoms with van der Waals surface area (Å²) >= 11 is 0. The molecule has 3 aliphatic heterocycles. The standard InChI is InChI=1S/C11H18N2O2/c1-13-7-11(15-6-10(13)14)4-8-2-3-9(5-11)12-8/h8-9,12H,2-7H2,1H3. The molecule has 3 saturated heterocycles. The van der Waals surface area contributed by atoms with Crippen LogP contribution in [-0.4, -0.2) is 48.7 Å². The summed E-state index contributed by atoms with van der Waals surface area (Å²) in [5, 5.41) is 3.60. The predicted octanol–water partition coefficient (Wildman–Crippen LogP) is 0.128. The zero-order valence-corrected chi connectivity index (χ0v) is 9.16. The van der Waals surface area contributed by atoms with Gasteiger partial charge in [-0.1, -0.05) is 0 Å². The second-order valence-electron chi connectivity index (χ2n) is 5.27. The first-order chi connectivity index (χ1) is 7.17. The number of amides is 1. The lowest BCUT2D eigenvalue weighted by atomic mass is 9.86. The van der Waals surface area contributed by atoms with Crippen molar-refractivity contribution >= 4 is 5.91 Å². The van der Waals surface area contributed by atoms with Gasteiger partial charge in [0.1, 0.15) is 6.61 Å². The van der Waals surface area contributed by atoms with Gasteiger partial charge in [-0.05, 0) is 25.7 Å². The Bertz CT molecular complexity index is 280. The van der Waals surface area contributed by atoms with Crippen molar-refractivity contribution in [3.63, 3.8) is 0 Å². The van der Waals surface area contributed by atoms with Gasteiger partial charge in [0.05, 0.1) is 5.60 Å². The lowest BCUT2D eigenvalue weighted by molar-refractivity contribution is -0.167. The smallest absolute Gasteiger partial charge is 0.248 e. The van der Waals surface area contributed by atoms with Gasteiger partial charge in [0.15, 0.2) is 0 Å². The van der Waals surface area contributed by atoms with Crippen LogP contribution in [0.3, 0.4) is 0 Å². The maximum absolute atomic E-state index is 11.4. The summed E-state index contributed by atoms with van der Waals surface area (Å²) in [4.78, 5) is 13.2. The molecule has 3 heterocycles. The number of carbonyl (C=O) groups is 1. The Labute approximate surface area is 90.0 Å². The number of rotatable bonds is 0. The van der Waals surface area contributed by atoms with Gasteiger partial charge < -0.3 is 15.0 Å². The minimum absolute atomic E-state index is 0.0419. The Morgan fingerprint density at radius 3 is 2.67 bits per heavy atom. The summed E-state index contributed by atoms with van der Waals surface area (Å²) in [5.74, 6) is 0.117. The number of likely N-dealkylation sites (N-methyl/N-ethyl adjacent to an activating group) is 1. The number of nitrogens with zero attached hydrogens (tertiary/aromatic N) is 1. The first kappa shape index (κ1) is 9.60. The Kier molecular flexibility index (Phi) is 2.04. The van der Waals surface area contributed by atoms with E-state index in [2.05, 4.69) is 5.32 Å². The number of nitrogens with one attached hydrogen (secondary N) is 1. The number of fused-ring (bicyclic) bond motifs is 2. The van der Waals surface area contributed by atoms with E-state index in [1.165, 1.54) is 12.8 Å². The van der Waals surface area contributed by atoms with Crippen molar-refractivity contribution in [2.45, 2.75) is 43.4 Å². The third-order valence-electron chi connectivity index (χ3n) is 4.02. The topological polar surface area (TPSA) is 41.6 Å². The Balaban J connectivity index is 1.77. The number of hydrogen-bond acceptors (Lipinski definition) is 3. The highest BCUT2D eigenvalue weighted by Crippen LogP contribution is 2.38. The van der Waals surface area contributed by atoms with Crippen LogP contribution in [0.1, 0.15) is 25.7 Å². The van der Waals surface area contributed by atoms with Crippen LogP contribution in [0.15, 0.2) is 0 Å². The molecule has 0 saturated carbocycles. The van der Waals surface area contributed by atoms with E-state index >= 15 is 0 Å². The number of hydrogen-bond donors (Lipinski definition) is 1. The largest absolute Gasteiger partial charge is 0.363 e. The Morgan fingerprint density at radius 2 is 2.07 bits per heavy atom. The highest BCUT2D eigenvalue weighted by molar-refractivity contribution is 5.78. The van der Waals surface area contributed by atoms with Crippen molar-refractivity contribution < 1.29 is 9.53 Å². The monoisotopic (exact) mass is 210 g/mol. The fourth-order valence-electron chi connectivity index (χ4n) is 3.34. The molecule has 84 valence electrons. The van der Waals surface area contributed by atoms with Crippen molar-refractivity contribution in [3.8, 4) is 0 Å². The van der Waals surface area contributed by atoms with E-state index in [4.69, 9.17) is 4.74 Å². The molecular formula is C11H18N2O2. The van der Waals surface area contributed by atoms with Crippen LogP contribution in [0, 0.1) is 0 Å². The van der Waals surface area contributed by atoms with E-state index in [1.54, 1.807) is 0 Å². The van der Waals surface area contributed by atoms with Gasteiger partial charge >= 0.3 is 0 Å². The van der Waals surface area contributed by atoms with Crippen LogP contribution in [0.5, 0.6) is 0 Å². The molecule has 3 aliphatic rings. The molecule has 0 aromatic carbocycles. The van der Waals surface area contributed by atoms with Gasteiger partial charge in [-0.2, -0.15) is 0 Å². The third kappa shape index (κ3) is 1.56. The fourth-order valence-corrected chi connectivity index (χ4v) is 3.34. The molecule has 1 spiro atoms. The van der Waals surface area contributed by atoms with Gasteiger partial charge in [-0.25, -0.2) is 0 Å². The number of piperidine rings is 1. The van der Waals surface area contributed by atoms with Crippen LogP contribution in [-0.2, 0) is 9.53 Å². The molecule has 3 fully saturated rings. The second kappa shape index (κ2) is 3.19. The summed E-state index contributed by atoms with van der Waals surface area (Å²) in [6.45, 7) is 1.05. The molecule has 0 aliphatic carbocycles. The van der Waals surface area contributed by atoms with E-state index in [1.807, 2.05) is 11.9 Å². The molecule has 2 unspecified atom stereocenters. The molecule has 4 heteroatoms. The van der Waals surface area contributed by atoms with Crippen LogP contribution in [0.4, 0.5) is 0 Å². The summed E-state index contributed by atoms with van der Waals surface area (Å²) in [6.07, 6.45) is 4.68. The fraction of sp³-hybridized carbons (Fsp3) is 0.909. The molecule has 0 aromatic rings. The van der Waals surface area contributed by atoms with Gasteiger partial charge in [-0.15, -0.1) is 0 Å². The molecule has 1 amide bonds. The first-order valence-corrected chi connectivity index (χ1v) is 5.81. The minimum Gasteiger partial charge on any atom is -0.363 e. The van der Waals surface area contributed by atoms with Crippen molar-refractivity contribution in [2.75, 3.05) is 20.2 Å². The van der Waals surface area contributed by atoms with Crippen molar-refractivity contribution in [1.82, 2.24) is 10.2 Å². The summed E-state index contributed by atoms with van der Waals surface area (Å²) in [6, 6.07) is 1.23. The number of morpholine rings is 1. The quantitative estimate of drug-likeness (QED) is 0.618. The second-order valence-corrected chi connectivity index (χ2v) is 5.27. The van der Waals surface area contributed by atoms with Crippen molar-refractivity contribution in [1.29, 1.82) is 0 Å². The summed E-state index contributed by atoms with van der Waals surface area (Å²) in [7, 11) is 1.89. The normalized spacial score (nSPS) is 45.1. The van der Waals surface area contributed by atoms with Crippen LogP contribution < -0.4 is 5.32 Å². The highest BCUT2D eigenvalue weighted by Gasteiger charge is 2.47. The first-order valence-electron chi connectivity index (χ1n) is 5.81. The Hall–Kier alpha value is -0.610. The van der Waals surface area contributed by atoms with Crippen LogP contribution >= 0.6 is 0 Å². The van der Waals surface area contributed by atoms with E-state index in [-0.39, 0.29) is 18.1 Å². The lowest BCUT2D eigenvalue weighted by Gasteiger charge is -2.46. The molecule has 0 aromatic heterocycles. The maximum Gasteiger partial charge on any atom is 0.248 e. The van der Waals surface area contributed by atoms with Crippen molar-refractivity contribution in [3.05, 3.63) is 0 Å². The van der Waals surface area contributed by atoms with Gasteiger partial charge in [0, 0.05) is 25.7 Å². The van der Waals surface area contributed by atoms with E-state index < -0.39 is 0 Å². The summed E-state index contributed by atoms with van der Waals surface area (Å²) in [5.41, 5.74) is -0.0419.